The van der Waals surface area contributed by atoms with Crippen LogP contribution in [0.25, 0.3) is 0 Å². The summed E-state index contributed by atoms with van der Waals surface area (Å²) in [6.07, 6.45) is 5.61. The molecule has 1 aromatic heterocycles. The first-order valence-electron chi connectivity index (χ1n) is 6.65. The Bertz CT molecular complexity index is 407. The molecule has 1 heterocycles. The predicted octanol–water partition coefficient (Wildman–Crippen LogP) is 2.53. The number of aliphatic hydroxyl groups is 1. The van der Waals surface area contributed by atoms with Crippen LogP contribution in [0, 0.1) is 12.3 Å². The van der Waals surface area contributed by atoms with E-state index in [9.17, 15) is 5.11 Å². The molecule has 2 N–H and O–H groups in total. The maximum Gasteiger partial charge on any atom is 0.129 e. The number of aromatic nitrogens is 2. The summed E-state index contributed by atoms with van der Waals surface area (Å²) in [5, 5.41) is 13.8. The van der Waals surface area contributed by atoms with Crippen LogP contribution in [0.5, 0.6) is 0 Å². The molecule has 0 amide bonds. The number of nitrogens with zero attached hydrogens (tertiary/aromatic N) is 2. The van der Waals surface area contributed by atoms with Crippen LogP contribution in [0.1, 0.15) is 45.4 Å². The van der Waals surface area contributed by atoms with Crippen LogP contribution in [-0.4, -0.2) is 27.2 Å². The van der Waals surface area contributed by atoms with Crippen molar-refractivity contribution in [3.05, 3.63) is 18.1 Å². The molecule has 1 aliphatic rings. The van der Waals surface area contributed by atoms with Crippen molar-refractivity contribution in [2.45, 2.75) is 52.1 Å². The van der Waals surface area contributed by atoms with Crippen LogP contribution < -0.4 is 5.32 Å². The van der Waals surface area contributed by atoms with E-state index in [0.29, 0.717) is 12.0 Å². The fourth-order valence-electron chi connectivity index (χ4n) is 2.38. The topological polar surface area (TPSA) is 58.0 Å². The lowest BCUT2D eigenvalue weighted by atomic mass is 9.71. The number of hydrogen-bond donors (Lipinski definition) is 2. The minimum Gasteiger partial charge on any atom is -0.388 e. The Morgan fingerprint density at radius 3 is 2.56 bits per heavy atom. The molecule has 1 saturated carbocycles. The molecule has 0 bridgehead atoms. The maximum atomic E-state index is 10.5. The van der Waals surface area contributed by atoms with Gasteiger partial charge in [-0.25, -0.2) is 9.97 Å². The van der Waals surface area contributed by atoms with E-state index < -0.39 is 5.60 Å². The molecule has 1 aromatic rings. The third-order valence-electron chi connectivity index (χ3n) is 3.91. The number of hydrogen-bond acceptors (Lipinski definition) is 4. The minimum atomic E-state index is -0.589. The second kappa shape index (κ2) is 4.84. The van der Waals surface area contributed by atoms with Crippen molar-refractivity contribution in [1.82, 2.24) is 9.97 Å². The highest BCUT2D eigenvalue weighted by atomic mass is 16.3. The predicted molar refractivity (Wildman–Crippen MR) is 72.5 cm³/mol. The van der Waals surface area contributed by atoms with E-state index in [1.165, 1.54) is 0 Å². The number of rotatable bonds is 3. The van der Waals surface area contributed by atoms with E-state index in [1.807, 2.05) is 13.0 Å². The summed E-state index contributed by atoms with van der Waals surface area (Å²) in [6, 6.07) is 1.84. The zero-order valence-electron chi connectivity index (χ0n) is 11.5. The van der Waals surface area contributed by atoms with Gasteiger partial charge in [-0.2, -0.15) is 0 Å². The van der Waals surface area contributed by atoms with Crippen molar-refractivity contribution >= 4 is 5.82 Å². The maximum absolute atomic E-state index is 10.5. The van der Waals surface area contributed by atoms with Gasteiger partial charge in [-0.1, -0.05) is 13.8 Å². The molecular weight excluding hydrogens is 226 g/mol. The van der Waals surface area contributed by atoms with Crippen molar-refractivity contribution in [2.75, 3.05) is 11.9 Å². The first-order chi connectivity index (χ1) is 8.39. The second-order valence-corrected chi connectivity index (χ2v) is 6.23. The number of anilines is 1. The van der Waals surface area contributed by atoms with Gasteiger partial charge in [0.15, 0.2) is 0 Å². The summed E-state index contributed by atoms with van der Waals surface area (Å²) in [5.74, 6) is 1.54. The molecule has 1 aliphatic carbocycles. The van der Waals surface area contributed by atoms with Gasteiger partial charge in [0.1, 0.15) is 11.6 Å². The monoisotopic (exact) mass is 249 g/mol. The molecule has 18 heavy (non-hydrogen) atoms. The zero-order chi connectivity index (χ0) is 13.2. The van der Waals surface area contributed by atoms with E-state index in [-0.39, 0.29) is 0 Å². The lowest BCUT2D eigenvalue weighted by Crippen LogP contribution is -2.42. The molecule has 0 atom stereocenters. The first kappa shape index (κ1) is 13.3. The highest BCUT2D eigenvalue weighted by molar-refractivity contribution is 5.33. The molecule has 0 unspecified atom stereocenters. The molecule has 0 aromatic carbocycles. The van der Waals surface area contributed by atoms with Crippen LogP contribution in [0.4, 0.5) is 5.82 Å². The van der Waals surface area contributed by atoms with Crippen molar-refractivity contribution in [2.24, 2.45) is 5.41 Å². The van der Waals surface area contributed by atoms with Gasteiger partial charge in [0.05, 0.1) is 5.60 Å². The fourth-order valence-corrected chi connectivity index (χ4v) is 2.38. The summed E-state index contributed by atoms with van der Waals surface area (Å²) in [5.41, 5.74) is -0.216. The fraction of sp³-hybridized carbons (Fsp3) is 0.714. The zero-order valence-corrected chi connectivity index (χ0v) is 11.5. The summed E-state index contributed by atoms with van der Waals surface area (Å²) >= 11 is 0. The largest absolute Gasteiger partial charge is 0.388 e. The van der Waals surface area contributed by atoms with Gasteiger partial charge in [0.2, 0.25) is 0 Å². The number of aryl methyl sites for hydroxylation is 1. The molecule has 0 spiro atoms. The summed E-state index contributed by atoms with van der Waals surface area (Å²) in [6.45, 7) is 6.98. The quantitative estimate of drug-likeness (QED) is 0.864. The van der Waals surface area contributed by atoms with Gasteiger partial charge in [-0.15, -0.1) is 0 Å². The smallest absolute Gasteiger partial charge is 0.129 e. The Morgan fingerprint density at radius 2 is 1.94 bits per heavy atom. The van der Waals surface area contributed by atoms with E-state index in [0.717, 1.165) is 37.3 Å². The van der Waals surface area contributed by atoms with E-state index in [2.05, 4.69) is 29.1 Å². The number of nitrogens with one attached hydrogen (secondary N) is 1. The van der Waals surface area contributed by atoms with Gasteiger partial charge < -0.3 is 10.4 Å². The molecular formula is C14H23N3O. The Balaban J connectivity index is 1.90. The average Bonchev–Trinajstić information content (AvgIpc) is 2.32. The van der Waals surface area contributed by atoms with Crippen LogP contribution in [-0.2, 0) is 0 Å². The highest BCUT2D eigenvalue weighted by Crippen LogP contribution is 2.40. The Kier molecular flexibility index (Phi) is 3.57. The van der Waals surface area contributed by atoms with Crippen molar-refractivity contribution in [3.8, 4) is 0 Å². The molecule has 4 heteroatoms. The first-order valence-corrected chi connectivity index (χ1v) is 6.65. The third-order valence-corrected chi connectivity index (χ3v) is 3.91. The van der Waals surface area contributed by atoms with Crippen LogP contribution in [0.3, 0.4) is 0 Å². The third kappa shape index (κ3) is 3.42. The van der Waals surface area contributed by atoms with E-state index in [4.69, 9.17) is 0 Å². The molecule has 1 fully saturated rings. The standard InChI is InChI=1S/C14H23N3O/c1-11-15-9-4-12(17-11)16-10-14(18)7-5-13(2,3)6-8-14/h4,9,18H,5-8,10H2,1-3H3,(H,15,16,17). The van der Waals surface area contributed by atoms with E-state index in [1.54, 1.807) is 6.20 Å². The normalized spacial score (nSPS) is 21.6. The van der Waals surface area contributed by atoms with Crippen molar-refractivity contribution < 1.29 is 5.11 Å². The lowest BCUT2D eigenvalue weighted by molar-refractivity contribution is -0.0145. The molecule has 0 radical (unpaired) electrons. The van der Waals surface area contributed by atoms with Gasteiger partial charge in [-0.3, -0.25) is 0 Å². The molecule has 2 rings (SSSR count). The Hall–Kier alpha value is -1.16. The van der Waals surface area contributed by atoms with Crippen molar-refractivity contribution in [1.29, 1.82) is 0 Å². The van der Waals surface area contributed by atoms with E-state index >= 15 is 0 Å². The molecule has 4 nitrogen and oxygen atoms in total. The minimum absolute atomic E-state index is 0.373. The van der Waals surface area contributed by atoms with Gasteiger partial charge in [0.25, 0.3) is 0 Å². The lowest BCUT2D eigenvalue weighted by Gasteiger charge is -2.40. The van der Waals surface area contributed by atoms with Crippen LogP contribution >= 0.6 is 0 Å². The van der Waals surface area contributed by atoms with Gasteiger partial charge in [-0.05, 0) is 44.1 Å². The molecule has 0 aliphatic heterocycles. The molecule has 0 saturated heterocycles. The Morgan fingerprint density at radius 1 is 1.28 bits per heavy atom. The summed E-state index contributed by atoms with van der Waals surface area (Å²) in [7, 11) is 0. The SMILES string of the molecule is Cc1nccc(NCC2(O)CCC(C)(C)CC2)n1. The Labute approximate surface area is 109 Å². The van der Waals surface area contributed by atoms with Crippen LogP contribution in [0.15, 0.2) is 12.3 Å². The average molecular weight is 249 g/mol. The van der Waals surface area contributed by atoms with Gasteiger partial charge >= 0.3 is 0 Å². The van der Waals surface area contributed by atoms with Crippen LogP contribution in [0.2, 0.25) is 0 Å². The summed E-state index contributed by atoms with van der Waals surface area (Å²) < 4.78 is 0. The van der Waals surface area contributed by atoms with Crippen molar-refractivity contribution in [3.63, 3.8) is 0 Å². The highest BCUT2D eigenvalue weighted by Gasteiger charge is 2.36. The summed E-state index contributed by atoms with van der Waals surface area (Å²) in [4.78, 5) is 8.34. The van der Waals surface area contributed by atoms with Gasteiger partial charge in [0, 0.05) is 12.7 Å². The molecule has 100 valence electrons. The second-order valence-electron chi connectivity index (χ2n) is 6.23.